The SMILES string of the molecule is COc1cccc(Cn2nccc2NC(=O)Cn2nnc3ccccc32)c1OC. The lowest BCUT2D eigenvalue weighted by Gasteiger charge is -2.14. The predicted octanol–water partition coefficient (Wildman–Crippen LogP) is 2.33. The molecule has 148 valence electrons. The molecule has 0 aliphatic carbocycles. The van der Waals surface area contributed by atoms with Gasteiger partial charge in [0.1, 0.15) is 17.9 Å². The Hall–Kier alpha value is -3.88. The third kappa shape index (κ3) is 3.75. The number of nitrogens with one attached hydrogen (secondary N) is 1. The molecule has 0 radical (unpaired) electrons. The average Bonchev–Trinajstić information content (AvgIpc) is 3.35. The van der Waals surface area contributed by atoms with Crippen LogP contribution in [0.2, 0.25) is 0 Å². The molecule has 0 aliphatic heterocycles. The molecule has 1 N–H and O–H groups in total. The van der Waals surface area contributed by atoms with Gasteiger partial charge in [-0.15, -0.1) is 5.10 Å². The van der Waals surface area contributed by atoms with Gasteiger partial charge in [-0.05, 0) is 18.2 Å². The van der Waals surface area contributed by atoms with E-state index in [0.29, 0.717) is 23.9 Å². The van der Waals surface area contributed by atoms with E-state index in [-0.39, 0.29) is 12.5 Å². The van der Waals surface area contributed by atoms with Gasteiger partial charge in [0.15, 0.2) is 11.5 Å². The summed E-state index contributed by atoms with van der Waals surface area (Å²) in [6.07, 6.45) is 1.63. The first-order valence-corrected chi connectivity index (χ1v) is 8.99. The summed E-state index contributed by atoms with van der Waals surface area (Å²) in [7, 11) is 3.19. The monoisotopic (exact) mass is 392 g/mol. The second-order valence-electron chi connectivity index (χ2n) is 6.31. The Kier molecular flexibility index (Phi) is 5.10. The van der Waals surface area contributed by atoms with Gasteiger partial charge >= 0.3 is 0 Å². The summed E-state index contributed by atoms with van der Waals surface area (Å²) in [5, 5.41) is 15.3. The van der Waals surface area contributed by atoms with Crippen molar-refractivity contribution < 1.29 is 14.3 Å². The number of amides is 1. The molecular formula is C20H20N6O3. The quantitative estimate of drug-likeness (QED) is 0.519. The van der Waals surface area contributed by atoms with Gasteiger partial charge in [0.05, 0.1) is 32.5 Å². The number of anilines is 1. The number of rotatable bonds is 7. The van der Waals surface area contributed by atoms with E-state index in [1.165, 1.54) is 0 Å². The topological polar surface area (TPSA) is 96.1 Å². The fourth-order valence-corrected chi connectivity index (χ4v) is 3.16. The van der Waals surface area contributed by atoms with Crippen LogP contribution >= 0.6 is 0 Å². The van der Waals surface area contributed by atoms with Crippen molar-refractivity contribution in [3.8, 4) is 11.5 Å². The second kappa shape index (κ2) is 8.01. The molecule has 0 aliphatic rings. The van der Waals surface area contributed by atoms with Crippen molar-refractivity contribution in [3.63, 3.8) is 0 Å². The van der Waals surface area contributed by atoms with E-state index in [2.05, 4.69) is 20.7 Å². The lowest BCUT2D eigenvalue weighted by atomic mass is 10.2. The summed E-state index contributed by atoms with van der Waals surface area (Å²) in [6.45, 7) is 0.462. The van der Waals surface area contributed by atoms with Gasteiger partial charge in [0.25, 0.3) is 0 Å². The number of nitrogens with zero attached hydrogens (tertiary/aromatic N) is 5. The number of carbonyl (C=O) groups excluding carboxylic acids is 1. The molecule has 2 aromatic carbocycles. The summed E-state index contributed by atoms with van der Waals surface area (Å²) in [5.41, 5.74) is 2.43. The number of hydrogen-bond acceptors (Lipinski definition) is 6. The molecule has 1 amide bonds. The summed E-state index contributed by atoms with van der Waals surface area (Å²) in [6, 6.07) is 14.9. The van der Waals surface area contributed by atoms with Gasteiger partial charge in [-0.3, -0.25) is 4.79 Å². The first kappa shape index (κ1) is 18.5. The van der Waals surface area contributed by atoms with Crippen LogP contribution < -0.4 is 14.8 Å². The summed E-state index contributed by atoms with van der Waals surface area (Å²) < 4.78 is 14.1. The number of hydrogen-bond donors (Lipinski definition) is 1. The van der Waals surface area contributed by atoms with Crippen LogP contribution in [0.4, 0.5) is 5.82 Å². The van der Waals surface area contributed by atoms with Crippen LogP contribution in [0.1, 0.15) is 5.56 Å². The van der Waals surface area contributed by atoms with Crippen molar-refractivity contribution in [2.75, 3.05) is 19.5 Å². The predicted molar refractivity (Wildman–Crippen MR) is 107 cm³/mol. The Labute approximate surface area is 166 Å². The molecule has 0 bridgehead atoms. The Morgan fingerprint density at radius 2 is 1.90 bits per heavy atom. The van der Waals surface area contributed by atoms with E-state index in [1.807, 2.05) is 42.5 Å². The molecule has 0 saturated heterocycles. The zero-order chi connectivity index (χ0) is 20.2. The van der Waals surface area contributed by atoms with Crippen molar-refractivity contribution in [2.45, 2.75) is 13.1 Å². The third-order valence-corrected chi connectivity index (χ3v) is 4.50. The van der Waals surface area contributed by atoms with Crippen molar-refractivity contribution in [2.24, 2.45) is 0 Å². The molecule has 0 saturated carbocycles. The average molecular weight is 392 g/mol. The van der Waals surface area contributed by atoms with Crippen LogP contribution in [-0.2, 0) is 17.9 Å². The second-order valence-corrected chi connectivity index (χ2v) is 6.31. The highest BCUT2D eigenvalue weighted by atomic mass is 16.5. The zero-order valence-electron chi connectivity index (χ0n) is 16.1. The van der Waals surface area contributed by atoms with E-state index in [0.717, 1.165) is 16.6 Å². The molecule has 0 fully saturated rings. The lowest BCUT2D eigenvalue weighted by molar-refractivity contribution is -0.116. The van der Waals surface area contributed by atoms with Crippen molar-refractivity contribution >= 4 is 22.8 Å². The number of fused-ring (bicyclic) bond motifs is 1. The van der Waals surface area contributed by atoms with Crippen LogP contribution in [0, 0.1) is 0 Å². The Morgan fingerprint density at radius 1 is 1.03 bits per heavy atom. The van der Waals surface area contributed by atoms with Crippen LogP contribution in [0.3, 0.4) is 0 Å². The first-order valence-electron chi connectivity index (χ1n) is 8.99. The van der Waals surface area contributed by atoms with E-state index < -0.39 is 0 Å². The van der Waals surface area contributed by atoms with Gasteiger partial charge < -0.3 is 14.8 Å². The molecule has 2 heterocycles. The van der Waals surface area contributed by atoms with E-state index in [9.17, 15) is 4.79 Å². The van der Waals surface area contributed by atoms with E-state index in [4.69, 9.17) is 9.47 Å². The normalized spacial score (nSPS) is 10.8. The van der Waals surface area contributed by atoms with Crippen molar-refractivity contribution in [1.82, 2.24) is 24.8 Å². The Morgan fingerprint density at radius 3 is 2.72 bits per heavy atom. The summed E-state index contributed by atoms with van der Waals surface area (Å²) in [4.78, 5) is 12.6. The molecule has 0 spiro atoms. The number of benzene rings is 2. The molecule has 0 atom stereocenters. The molecule has 9 heteroatoms. The van der Waals surface area contributed by atoms with Gasteiger partial charge in [-0.2, -0.15) is 5.10 Å². The van der Waals surface area contributed by atoms with Crippen molar-refractivity contribution in [3.05, 3.63) is 60.3 Å². The van der Waals surface area contributed by atoms with E-state index >= 15 is 0 Å². The highest BCUT2D eigenvalue weighted by Crippen LogP contribution is 2.31. The van der Waals surface area contributed by atoms with E-state index in [1.54, 1.807) is 35.8 Å². The smallest absolute Gasteiger partial charge is 0.247 e. The van der Waals surface area contributed by atoms with Gasteiger partial charge in [0, 0.05) is 11.6 Å². The van der Waals surface area contributed by atoms with Crippen LogP contribution in [0.5, 0.6) is 11.5 Å². The minimum Gasteiger partial charge on any atom is -0.493 e. The minimum absolute atomic E-state index is 0.0498. The van der Waals surface area contributed by atoms with Crippen molar-refractivity contribution in [1.29, 1.82) is 0 Å². The standard InChI is InChI=1S/C20H20N6O3/c1-28-17-9-5-6-14(20(17)29-2)12-26-18(10-11-21-26)22-19(27)13-25-16-8-4-3-7-15(16)23-24-25/h3-11H,12-13H2,1-2H3,(H,22,27). The first-order chi connectivity index (χ1) is 14.2. The molecule has 0 unspecified atom stereocenters. The molecule has 9 nitrogen and oxygen atoms in total. The lowest BCUT2D eigenvalue weighted by Crippen LogP contribution is -2.21. The molecule has 29 heavy (non-hydrogen) atoms. The fourth-order valence-electron chi connectivity index (χ4n) is 3.16. The maximum atomic E-state index is 12.6. The Balaban J connectivity index is 1.50. The van der Waals surface area contributed by atoms with Crippen LogP contribution in [0.15, 0.2) is 54.7 Å². The number of carbonyl (C=O) groups is 1. The molecule has 4 aromatic rings. The maximum absolute atomic E-state index is 12.6. The Bertz CT molecular complexity index is 1150. The number of methoxy groups -OCH3 is 2. The number of ether oxygens (including phenoxy) is 2. The molecule has 4 rings (SSSR count). The number of para-hydroxylation sites is 2. The molecule has 2 aromatic heterocycles. The third-order valence-electron chi connectivity index (χ3n) is 4.50. The molecular weight excluding hydrogens is 372 g/mol. The minimum atomic E-state index is -0.222. The summed E-state index contributed by atoms with van der Waals surface area (Å²) in [5.74, 6) is 1.63. The van der Waals surface area contributed by atoms with Gasteiger partial charge in [0.2, 0.25) is 5.91 Å². The van der Waals surface area contributed by atoms with Gasteiger partial charge in [-0.25, -0.2) is 9.36 Å². The fraction of sp³-hybridized carbons (Fsp3) is 0.200. The zero-order valence-corrected chi connectivity index (χ0v) is 16.1. The van der Waals surface area contributed by atoms with Crippen LogP contribution in [0.25, 0.3) is 11.0 Å². The maximum Gasteiger partial charge on any atom is 0.247 e. The number of aromatic nitrogens is 5. The van der Waals surface area contributed by atoms with Gasteiger partial charge in [-0.1, -0.05) is 29.5 Å². The largest absolute Gasteiger partial charge is 0.493 e. The summed E-state index contributed by atoms with van der Waals surface area (Å²) >= 11 is 0. The highest BCUT2D eigenvalue weighted by molar-refractivity contribution is 5.90. The van der Waals surface area contributed by atoms with Crippen LogP contribution in [-0.4, -0.2) is 44.9 Å². The highest BCUT2D eigenvalue weighted by Gasteiger charge is 2.14.